The molecular formula is C21H25FN5O6P. The summed E-state index contributed by atoms with van der Waals surface area (Å²) in [5.74, 6) is 0.100. The summed E-state index contributed by atoms with van der Waals surface area (Å²) in [5, 5.41) is 0. The maximum absolute atomic E-state index is 16.1. The van der Waals surface area contributed by atoms with E-state index in [1.165, 1.54) is 17.8 Å². The Morgan fingerprint density at radius 3 is 2.88 bits per heavy atom. The number of imidazole rings is 1. The van der Waals surface area contributed by atoms with Crippen LogP contribution in [-0.2, 0) is 29.5 Å². The highest BCUT2D eigenvalue weighted by Crippen LogP contribution is 2.59. The van der Waals surface area contributed by atoms with E-state index in [2.05, 4.69) is 15.0 Å². The third kappa shape index (κ3) is 4.16. The summed E-state index contributed by atoms with van der Waals surface area (Å²) in [6.45, 7) is 3.42. The minimum Gasteiger partial charge on any atom is -0.471 e. The van der Waals surface area contributed by atoms with Gasteiger partial charge in [-0.25, -0.2) is 13.9 Å². The summed E-state index contributed by atoms with van der Waals surface area (Å²) in [6.07, 6.45) is -1.21. The van der Waals surface area contributed by atoms with Gasteiger partial charge >= 0.3 is 7.82 Å². The first-order valence-electron chi connectivity index (χ1n) is 10.9. The molecule has 4 heterocycles. The van der Waals surface area contributed by atoms with E-state index in [9.17, 15) is 4.57 Å². The van der Waals surface area contributed by atoms with Gasteiger partial charge in [-0.05, 0) is 18.9 Å². The van der Waals surface area contributed by atoms with Crippen LogP contribution in [-0.4, -0.2) is 50.6 Å². The number of nitrogen functional groups attached to an aromatic ring is 1. The molecule has 2 N–H and O–H groups in total. The highest BCUT2D eigenvalue weighted by Gasteiger charge is 2.61. The van der Waals surface area contributed by atoms with Crippen LogP contribution in [0.5, 0.6) is 5.88 Å². The van der Waals surface area contributed by atoms with Crippen LogP contribution in [0, 0.1) is 0 Å². The summed E-state index contributed by atoms with van der Waals surface area (Å²) in [5.41, 5.74) is 5.26. The lowest BCUT2D eigenvalue weighted by molar-refractivity contribution is -0.0706. The van der Waals surface area contributed by atoms with Gasteiger partial charge in [-0.1, -0.05) is 37.3 Å². The number of hydrogen-bond donors (Lipinski definition) is 1. The molecule has 3 aromatic rings. The maximum atomic E-state index is 16.1. The molecular weight excluding hydrogens is 468 g/mol. The second-order valence-electron chi connectivity index (χ2n) is 8.27. The molecule has 182 valence electrons. The van der Waals surface area contributed by atoms with Crippen LogP contribution in [0.3, 0.4) is 0 Å². The smallest absolute Gasteiger partial charge is 0.471 e. The highest BCUT2D eigenvalue weighted by molar-refractivity contribution is 7.48. The number of anilines is 1. The molecule has 0 radical (unpaired) electrons. The zero-order chi connectivity index (χ0) is 23.9. The van der Waals surface area contributed by atoms with Crippen molar-refractivity contribution >= 4 is 24.9 Å². The third-order valence-corrected chi connectivity index (χ3v) is 7.10. The van der Waals surface area contributed by atoms with Crippen molar-refractivity contribution in [2.75, 3.05) is 18.9 Å². The standard InChI is InChI=1S/C21H25FN5O6P/c1-3-9-30-34(28)31-11-14-16(33-34)21(2,22)19(32-14)27-12-24-15-17(27)25-20(23)26-18(15)29-10-13-7-5-4-6-8-13/h4-8,12,14,16,19H,3,9-11H2,1-2H3,(H2,23,25,26)/t14-,16-,19-,21-,34+/m1/s1. The topological polar surface area (TPSA) is 133 Å². The molecule has 0 unspecified atom stereocenters. The molecule has 2 aliphatic rings. The summed E-state index contributed by atoms with van der Waals surface area (Å²) >= 11 is 0. The molecule has 0 saturated carbocycles. The zero-order valence-corrected chi connectivity index (χ0v) is 19.6. The van der Waals surface area contributed by atoms with Crippen molar-refractivity contribution in [3.05, 3.63) is 42.2 Å². The molecule has 2 saturated heterocycles. The average molecular weight is 493 g/mol. The predicted octanol–water partition coefficient (Wildman–Crippen LogP) is 3.56. The van der Waals surface area contributed by atoms with Crippen LogP contribution in [0.25, 0.3) is 11.2 Å². The number of rotatable bonds is 7. The predicted molar refractivity (Wildman–Crippen MR) is 119 cm³/mol. The van der Waals surface area contributed by atoms with E-state index in [1.807, 2.05) is 37.3 Å². The number of aromatic nitrogens is 4. The molecule has 0 bridgehead atoms. The molecule has 2 aliphatic heterocycles. The Morgan fingerprint density at radius 2 is 2.12 bits per heavy atom. The van der Waals surface area contributed by atoms with Crippen LogP contribution < -0.4 is 10.5 Å². The lowest BCUT2D eigenvalue weighted by Crippen LogP contribution is -2.44. The molecule has 34 heavy (non-hydrogen) atoms. The lowest BCUT2D eigenvalue weighted by Gasteiger charge is -2.33. The number of nitrogens with zero attached hydrogens (tertiary/aromatic N) is 4. The zero-order valence-electron chi connectivity index (χ0n) is 18.7. The SMILES string of the molecule is CCCO[P@@]1(=O)OC[C@H]2O[C@@H](n3cnc4c(OCc5ccccc5)nc(N)nc43)[C@](C)(F)[C@@H]2O1. The van der Waals surface area contributed by atoms with Crippen LogP contribution in [0.4, 0.5) is 10.3 Å². The molecule has 13 heteroatoms. The quantitative estimate of drug-likeness (QED) is 0.487. The molecule has 2 fully saturated rings. The first-order valence-corrected chi connectivity index (χ1v) is 12.4. The van der Waals surface area contributed by atoms with Crippen molar-refractivity contribution in [2.45, 2.75) is 51.0 Å². The number of alkyl halides is 1. The fraction of sp³-hybridized carbons (Fsp3) is 0.476. The van der Waals surface area contributed by atoms with Crippen molar-refractivity contribution in [1.82, 2.24) is 19.5 Å². The van der Waals surface area contributed by atoms with E-state index >= 15 is 4.39 Å². The molecule has 11 nitrogen and oxygen atoms in total. The minimum atomic E-state index is -3.90. The largest absolute Gasteiger partial charge is 0.475 e. The van der Waals surface area contributed by atoms with E-state index in [0.29, 0.717) is 11.9 Å². The Balaban J connectivity index is 1.43. The van der Waals surface area contributed by atoms with E-state index < -0.39 is 31.9 Å². The Morgan fingerprint density at radius 1 is 1.32 bits per heavy atom. The third-order valence-electron chi connectivity index (χ3n) is 5.65. The summed E-state index contributed by atoms with van der Waals surface area (Å²) in [6, 6.07) is 9.52. The molecule has 0 aliphatic carbocycles. The summed E-state index contributed by atoms with van der Waals surface area (Å²) < 4.78 is 58.0. The minimum absolute atomic E-state index is 0.0645. The van der Waals surface area contributed by atoms with Gasteiger partial charge in [-0.15, -0.1) is 0 Å². The molecule has 1 aromatic carbocycles. The highest BCUT2D eigenvalue weighted by atomic mass is 31.2. The average Bonchev–Trinajstić information content (AvgIpc) is 3.34. The molecule has 5 rings (SSSR count). The Labute approximate surface area is 195 Å². The van der Waals surface area contributed by atoms with Crippen molar-refractivity contribution < 1.29 is 32.0 Å². The molecule has 2 aromatic heterocycles. The van der Waals surface area contributed by atoms with Gasteiger partial charge in [0, 0.05) is 0 Å². The van der Waals surface area contributed by atoms with E-state index in [-0.39, 0.29) is 37.3 Å². The Hall–Kier alpha value is -2.63. The second-order valence-corrected chi connectivity index (χ2v) is 9.89. The van der Waals surface area contributed by atoms with Gasteiger partial charge in [-0.3, -0.25) is 18.1 Å². The number of ether oxygens (including phenoxy) is 2. The maximum Gasteiger partial charge on any atom is 0.475 e. The fourth-order valence-corrected chi connectivity index (χ4v) is 5.57. The summed E-state index contributed by atoms with van der Waals surface area (Å²) in [4.78, 5) is 12.7. The van der Waals surface area contributed by atoms with Gasteiger partial charge in [0.05, 0.1) is 19.5 Å². The molecule has 0 spiro atoms. The number of phosphoric ester groups is 1. The van der Waals surface area contributed by atoms with Gasteiger partial charge in [-0.2, -0.15) is 9.97 Å². The van der Waals surface area contributed by atoms with Crippen LogP contribution in [0.2, 0.25) is 0 Å². The van der Waals surface area contributed by atoms with Crippen molar-refractivity contribution in [1.29, 1.82) is 0 Å². The van der Waals surface area contributed by atoms with Crippen molar-refractivity contribution in [3.63, 3.8) is 0 Å². The van der Waals surface area contributed by atoms with Crippen LogP contribution >= 0.6 is 7.82 Å². The number of fused-ring (bicyclic) bond motifs is 2. The van der Waals surface area contributed by atoms with Crippen LogP contribution in [0.1, 0.15) is 32.1 Å². The normalized spacial score (nSPS) is 31.0. The number of nitrogens with two attached hydrogens (primary N) is 1. The Bertz CT molecular complexity index is 1230. The van der Waals surface area contributed by atoms with E-state index in [0.717, 1.165) is 5.56 Å². The first-order chi connectivity index (χ1) is 16.3. The Kier molecular flexibility index (Phi) is 6.03. The van der Waals surface area contributed by atoms with Gasteiger partial charge in [0.25, 0.3) is 0 Å². The van der Waals surface area contributed by atoms with Gasteiger partial charge < -0.3 is 15.2 Å². The number of benzene rings is 1. The van der Waals surface area contributed by atoms with Crippen molar-refractivity contribution in [2.24, 2.45) is 0 Å². The van der Waals surface area contributed by atoms with E-state index in [4.69, 9.17) is 28.8 Å². The van der Waals surface area contributed by atoms with Gasteiger partial charge in [0.15, 0.2) is 23.1 Å². The number of halogens is 1. The van der Waals surface area contributed by atoms with Gasteiger partial charge in [0.2, 0.25) is 11.8 Å². The molecule has 0 amide bonds. The van der Waals surface area contributed by atoms with Crippen LogP contribution in [0.15, 0.2) is 36.7 Å². The summed E-state index contributed by atoms with van der Waals surface area (Å²) in [7, 11) is -3.90. The second kappa shape index (κ2) is 8.86. The monoisotopic (exact) mass is 493 g/mol. The molecule has 5 atom stereocenters. The van der Waals surface area contributed by atoms with Gasteiger partial charge in [0.1, 0.15) is 18.8 Å². The fourth-order valence-electron chi connectivity index (χ4n) is 4.02. The first kappa shape index (κ1) is 23.1. The van der Waals surface area contributed by atoms with Crippen molar-refractivity contribution in [3.8, 4) is 5.88 Å². The lowest BCUT2D eigenvalue weighted by atomic mass is 9.98. The van der Waals surface area contributed by atoms with E-state index in [1.54, 1.807) is 0 Å². The number of phosphoric acid groups is 1. The number of hydrogen-bond acceptors (Lipinski definition) is 10.